The molecule has 4 nitrogen and oxygen atoms in total. The molecule has 2 heterocycles. The lowest BCUT2D eigenvalue weighted by Gasteiger charge is -2.28. The summed E-state index contributed by atoms with van der Waals surface area (Å²) in [6, 6.07) is 9.62. The Morgan fingerprint density at radius 2 is 2.36 bits per heavy atom. The van der Waals surface area contributed by atoms with Gasteiger partial charge in [0.25, 0.3) is 0 Å². The Labute approximate surface area is 162 Å². The van der Waals surface area contributed by atoms with Crippen LogP contribution >= 0.6 is 35.2 Å². The zero-order chi connectivity index (χ0) is 17.6. The van der Waals surface area contributed by atoms with Crippen LogP contribution in [0, 0.1) is 0 Å². The van der Waals surface area contributed by atoms with Crippen LogP contribution in [0.25, 0.3) is 0 Å². The highest BCUT2D eigenvalue weighted by Gasteiger charge is 2.22. The van der Waals surface area contributed by atoms with Gasteiger partial charge < -0.3 is 19.7 Å². The number of benzene rings is 1. The van der Waals surface area contributed by atoms with Gasteiger partial charge in [0.1, 0.15) is 5.75 Å². The molecule has 1 aliphatic rings. The molecule has 0 bridgehead atoms. The minimum atomic E-state index is 0.223. The maximum atomic E-state index is 6.12. The monoisotopic (exact) mass is 396 g/mol. The Hall–Kier alpha value is -1.34. The number of ether oxygens (including phenoxy) is 2. The molecule has 1 aromatic heterocycles. The summed E-state index contributed by atoms with van der Waals surface area (Å²) in [7, 11) is 1.63. The minimum Gasteiger partial charge on any atom is -0.495 e. The van der Waals surface area contributed by atoms with E-state index in [9.17, 15) is 0 Å². The van der Waals surface area contributed by atoms with E-state index in [0.717, 1.165) is 38.2 Å². The van der Waals surface area contributed by atoms with E-state index in [1.807, 2.05) is 12.1 Å². The first-order valence-corrected chi connectivity index (χ1v) is 9.86. The third-order valence-corrected chi connectivity index (χ3v) is 5.52. The predicted octanol–water partition coefficient (Wildman–Crippen LogP) is 4.79. The van der Waals surface area contributed by atoms with Crippen molar-refractivity contribution in [1.82, 2.24) is 4.90 Å². The lowest BCUT2D eigenvalue weighted by atomic mass is 10.2. The molecule has 1 N–H and O–H groups in total. The molecule has 1 aliphatic heterocycles. The standard InChI is InChI=1S/C18H21ClN2O2S2/c1-22-17-7-6-13(19)10-16(17)20-18(24)21(11-14-4-2-8-23-14)12-15-5-3-9-25-15/h3,5-7,9-10,14H,2,4,8,11-12H2,1H3,(H,20,24). The van der Waals surface area contributed by atoms with Crippen LogP contribution in [0.2, 0.25) is 5.02 Å². The van der Waals surface area contributed by atoms with Crippen LogP contribution in [0.5, 0.6) is 5.75 Å². The predicted molar refractivity (Wildman–Crippen MR) is 108 cm³/mol. The smallest absolute Gasteiger partial charge is 0.173 e. The molecule has 0 spiro atoms. The van der Waals surface area contributed by atoms with Gasteiger partial charge >= 0.3 is 0 Å². The summed E-state index contributed by atoms with van der Waals surface area (Å²) in [6.07, 6.45) is 2.41. The topological polar surface area (TPSA) is 33.7 Å². The summed E-state index contributed by atoms with van der Waals surface area (Å²) in [6.45, 7) is 2.36. The molecule has 0 radical (unpaired) electrons. The molecule has 134 valence electrons. The summed E-state index contributed by atoms with van der Waals surface area (Å²) < 4.78 is 11.2. The summed E-state index contributed by atoms with van der Waals surface area (Å²) in [5.74, 6) is 0.708. The van der Waals surface area contributed by atoms with Gasteiger partial charge in [0, 0.05) is 23.1 Å². The quantitative estimate of drug-likeness (QED) is 0.710. The van der Waals surface area contributed by atoms with Crippen LogP contribution in [0.15, 0.2) is 35.7 Å². The van der Waals surface area contributed by atoms with Crippen LogP contribution in [-0.2, 0) is 11.3 Å². The second-order valence-corrected chi connectivity index (χ2v) is 7.73. The highest BCUT2D eigenvalue weighted by Crippen LogP contribution is 2.28. The number of hydrogen-bond acceptors (Lipinski definition) is 4. The number of rotatable bonds is 6. The maximum Gasteiger partial charge on any atom is 0.173 e. The first-order valence-electron chi connectivity index (χ1n) is 8.19. The van der Waals surface area contributed by atoms with E-state index in [0.29, 0.717) is 15.9 Å². The summed E-state index contributed by atoms with van der Waals surface area (Å²) in [4.78, 5) is 3.41. The van der Waals surface area contributed by atoms with Crippen molar-refractivity contribution in [3.05, 3.63) is 45.6 Å². The Balaban J connectivity index is 1.74. The largest absolute Gasteiger partial charge is 0.495 e. The first kappa shape index (κ1) is 18.5. The third kappa shape index (κ3) is 5.07. The van der Waals surface area contributed by atoms with Gasteiger partial charge in [-0.2, -0.15) is 0 Å². The number of nitrogens with one attached hydrogen (secondary N) is 1. The molecule has 0 amide bonds. The van der Waals surface area contributed by atoms with Gasteiger partial charge in [-0.25, -0.2) is 0 Å². The van der Waals surface area contributed by atoms with Crippen LogP contribution in [0.3, 0.4) is 0 Å². The highest BCUT2D eigenvalue weighted by molar-refractivity contribution is 7.80. The van der Waals surface area contributed by atoms with E-state index in [2.05, 4.69) is 27.7 Å². The lowest BCUT2D eigenvalue weighted by Crippen LogP contribution is -2.39. The molecule has 1 unspecified atom stereocenters. The molecular formula is C18H21ClN2O2S2. The van der Waals surface area contributed by atoms with Crippen molar-refractivity contribution in [2.75, 3.05) is 25.6 Å². The summed E-state index contributed by atoms with van der Waals surface area (Å²) in [5.41, 5.74) is 0.767. The lowest BCUT2D eigenvalue weighted by molar-refractivity contribution is 0.0907. The van der Waals surface area contributed by atoms with E-state index >= 15 is 0 Å². The number of thiophene rings is 1. The number of anilines is 1. The molecule has 2 aromatic rings. The van der Waals surface area contributed by atoms with Crippen LogP contribution < -0.4 is 10.1 Å². The van der Waals surface area contributed by atoms with Crippen LogP contribution in [-0.4, -0.2) is 36.4 Å². The highest BCUT2D eigenvalue weighted by atomic mass is 35.5. The van der Waals surface area contributed by atoms with E-state index < -0.39 is 0 Å². The summed E-state index contributed by atoms with van der Waals surface area (Å²) in [5, 5.41) is 6.64. The average Bonchev–Trinajstić information content (AvgIpc) is 3.28. The van der Waals surface area contributed by atoms with Crippen molar-refractivity contribution in [2.45, 2.75) is 25.5 Å². The van der Waals surface area contributed by atoms with E-state index in [1.165, 1.54) is 4.88 Å². The van der Waals surface area contributed by atoms with Gasteiger partial charge in [0.05, 0.1) is 25.4 Å². The Kier molecular flexibility index (Phi) is 6.53. The van der Waals surface area contributed by atoms with Crippen LogP contribution in [0.1, 0.15) is 17.7 Å². The normalized spacial score (nSPS) is 16.6. The summed E-state index contributed by atoms with van der Waals surface area (Å²) >= 11 is 13.5. The van der Waals surface area contributed by atoms with Gasteiger partial charge in [-0.15, -0.1) is 11.3 Å². The maximum absolute atomic E-state index is 6.12. The molecule has 25 heavy (non-hydrogen) atoms. The number of halogens is 1. The average molecular weight is 397 g/mol. The number of thiocarbonyl (C=S) groups is 1. The second kappa shape index (κ2) is 8.85. The molecule has 1 atom stereocenters. The number of hydrogen-bond donors (Lipinski definition) is 1. The fraction of sp³-hybridized carbons (Fsp3) is 0.389. The Morgan fingerprint density at radius 1 is 1.48 bits per heavy atom. The Morgan fingerprint density at radius 3 is 3.04 bits per heavy atom. The van der Waals surface area contributed by atoms with Gasteiger partial charge in [0.2, 0.25) is 0 Å². The first-order chi connectivity index (χ1) is 12.2. The van der Waals surface area contributed by atoms with Crippen molar-refractivity contribution in [1.29, 1.82) is 0 Å². The SMILES string of the molecule is COc1ccc(Cl)cc1NC(=S)N(Cc1cccs1)CC1CCCO1. The zero-order valence-corrected chi connectivity index (χ0v) is 16.4. The van der Waals surface area contributed by atoms with Crippen molar-refractivity contribution in [3.8, 4) is 5.75 Å². The number of methoxy groups -OCH3 is 1. The van der Waals surface area contributed by atoms with Crippen molar-refractivity contribution in [3.63, 3.8) is 0 Å². The molecular weight excluding hydrogens is 376 g/mol. The number of nitrogens with zero attached hydrogens (tertiary/aromatic N) is 1. The fourth-order valence-corrected chi connectivity index (χ4v) is 3.96. The third-order valence-electron chi connectivity index (χ3n) is 4.07. The van der Waals surface area contributed by atoms with Crippen LogP contribution in [0.4, 0.5) is 5.69 Å². The van der Waals surface area contributed by atoms with Crippen molar-refractivity contribution in [2.24, 2.45) is 0 Å². The van der Waals surface area contributed by atoms with E-state index in [1.54, 1.807) is 24.5 Å². The zero-order valence-electron chi connectivity index (χ0n) is 14.0. The minimum absolute atomic E-state index is 0.223. The van der Waals surface area contributed by atoms with E-state index in [4.69, 9.17) is 33.3 Å². The second-order valence-electron chi connectivity index (χ2n) is 5.87. The molecule has 3 rings (SSSR count). The molecule has 0 aliphatic carbocycles. The molecule has 1 aromatic carbocycles. The van der Waals surface area contributed by atoms with Crippen molar-refractivity contribution >= 4 is 46.0 Å². The van der Waals surface area contributed by atoms with E-state index in [-0.39, 0.29) is 6.10 Å². The van der Waals surface area contributed by atoms with Gasteiger partial charge in [0.15, 0.2) is 5.11 Å². The van der Waals surface area contributed by atoms with Gasteiger partial charge in [-0.3, -0.25) is 0 Å². The molecule has 7 heteroatoms. The molecule has 1 fully saturated rings. The van der Waals surface area contributed by atoms with Crippen molar-refractivity contribution < 1.29 is 9.47 Å². The molecule has 1 saturated heterocycles. The Bertz CT molecular complexity index is 703. The van der Waals surface area contributed by atoms with Gasteiger partial charge in [-0.1, -0.05) is 17.7 Å². The molecule has 0 saturated carbocycles. The van der Waals surface area contributed by atoms with Gasteiger partial charge in [-0.05, 0) is 54.7 Å². The fourth-order valence-electron chi connectivity index (χ4n) is 2.82.